The minimum Gasteiger partial charge on any atom is -0.490 e. The van der Waals surface area contributed by atoms with Crippen molar-refractivity contribution in [2.45, 2.75) is 46.6 Å². The Kier molecular flexibility index (Phi) is 9.56. The first-order valence-corrected chi connectivity index (χ1v) is 14.2. The van der Waals surface area contributed by atoms with Crippen LogP contribution in [0.3, 0.4) is 0 Å². The summed E-state index contributed by atoms with van der Waals surface area (Å²) in [6.07, 6.45) is 1.36. The molecule has 0 aliphatic carbocycles. The number of nitrogens with zero attached hydrogens (tertiary/aromatic N) is 1. The molecule has 0 bridgehead atoms. The third-order valence-electron chi connectivity index (χ3n) is 6.56. The van der Waals surface area contributed by atoms with Crippen molar-refractivity contribution in [3.05, 3.63) is 81.3 Å². The molecule has 1 heterocycles. The highest BCUT2D eigenvalue weighted by Gasteiger charge is 2.33. The molecule has 38 heavy (non-hydrogen) atoms. The van der Waals surface area contributed by atoms with Crippen LogP contribution in [0.5, 0.6) is 23.0 Å². The molecule has 202 valence electrons. The van der Waals surface area contributed by atoms with E-state index in [9.17, 15) is 4.79 Å². The fraction of sp³-hybridized carbons (Fsp3) is 0.387. The summed E-state index contributed by atoms with van der Waals surface area (Å²) in [5.74, 6) is 2.89. The van der Waals surface area contributed by atoms with Gasteiger partial charge in [0.2, 0.25) is 0 Å². The average Bonchev–Trinajstić information content (AvgIpc) is 2.91. The molecule has 6 nitrogen and oxygen atoms in total. The Morgan fingerprint density at radius 2 is 1.42 bits per heavy atom. The molecule has 0 N–H and O–H groups in total. The van der Waals surface area contributed by atoms with Crippen molar-refractivity contribution < 1.29 is 23.7 Å². The zero-order valence-electron chi connectivity index (χ0n) is 22.6. The van der Waals surface area contributed by atoms with Crippen molar-refractivity contribution in [1.29, 1.82) is 0 Å². The Labute approximate surface area is 234 Å². The lowest BCUT2D eigenvalue weighted by atomic mass is 9.87. The van der Waals surface area contributed by atoms with Crippen LogP contribution in [-0.4, -0.2) is 43.8 Å². The minimum absolute atomic E-state index is 0.00376. The molecule has 7 heteroatoms. The van der Waals surface area contributed by atoms with Crippen LogP contribution in [0, 0.1) is 0 Å². The van der Waals surface area contributed by atoms with Gasteiger partial charge in [-0.3, -0.25) is 4.79 Å². The third kappa shape index (κ3) is 6.09. The Balaban J connectivity index is 1.79. The van der Waals surface area contributed by atoms with Gasteiger partial charge in [0.05, 0.1) is 38.0 Å². The first-order valence-electron chi connectivity index (χ1n) is 13.4. The van der Waals surface area contributed by atoms with E-state index in [0.717, 1.165) is 33.5 Å². The van der Waals surface area contributed by atoms with Crippen LogP contribution in [0.2, 0.25) is 0 Å². The summed E-state index contributed by atoms with van der Waals surface area (Å²) in [5.41, 5.74) is 3.97. The average molecular weight is 583 g/mol. The van der Waals surface area contributed by atoms with E-state index in [0.29, 0.717) is 56.5 Å². The summed E-state index contributed by atoms with van der Waals surface area (Å²) >= 11 is 3.58. The minimum atomic E-state index is -0.194. The van der Waals surface area contributed by atoms with E-state index in [1.807, 2.05) is 69.0 Å². The van der Waals surface area contributed by atoms with Crippen molar-refractivity contribution in [2.24, 2.45) is 0 Å². The second kappa shape index (κ2) is 13.1. The number of halogens is 1. The monoisotopic (exact) mass is 581 g/mol. The van der Waals surface area contributed by atoms with Crippen LogP contribution in [0.15, 0.2) is 59.1 Å². The van der Waals surface area contributed by atoms with Gasteiger partial charge in [0.25, 0.3) is 5.91 Å². The smallest absolute Gasteiger partial charge is 0.255 e. The van der Waals surface area contributed by atoms with Crippen molar-refractivity contribution in [1.82, 2.24) is 4.90 Å². The van der Waals surface area contributed by atoms with Crippen molar-refractivity contribution >= 4 is 21.8 Å². The summed E-state index contributed by atoms with van der Waals surface area (Å²) in [4.78, 5) is 15.9. The Morgan fingerprint density at radius 3 is 2.08 bits per heavy atom. The molecule has 0 saturated heterocycles. The second-order valence-electron chi connectivity index (χ2n) is 8.96. The van der Waals surface area contributed by atoms with Crippen molar-refractivity contribution in [2.75, 3.05) is 33.0 Å². The molecule has 0 fully saturated rings. The predicted molar refractivity (Wildman–Crippen MR) is 153 cm³/mol. The van der Waals surface area contributed by atoms with Crippen LogP contribution in [0.1, 0.15) is 60.8 Å². The number of benzene rings is 3. The zero-order valence-corrected chi connectivity index (χ0v) is 24.2. The molecule has 3 aromatic rings. The van der Waals surface area contributed by atoms with Crippen LogP contribution >= 0.6 is 15.9 Å². The number of amides is 1. The molecule has 1 aliphatic heterocycles. The zero-order chi connectivity index (χ0) is 27.1. The second-order valence-corrected chi connectivity index (χ2v) is 9.81. The molecule has 0 radical (unpaired) electrons. The van der Waals surface area contributed by atoms with Gasteiger partial charge in [0.15, 0.2) is 23.0 Å². The van der Waals surface area contributed by atoms with Crippen LogP contribution in [-0.2, 0) is 12.8 Å². The Bertz CT molecular complexity index is 1260. The van der Waals surface area contributed by atoms with Gasteiger partial charge >= 0.3 is 0 Å². The number of carbonyl (C=O) groups excluding carboxylic acids is 1. The van der Waals surface area contributed by atoms with E-state index in [1.165, 1.54) is 5.56 Å². The quantitative estimate of drug-likeness (QED) is 0.243. The lowest BCUT2D eigenvalue weighted by Crippen LogP contribution is -2.41. The number of hydrogen-bond donors (Lipinski definition) is 0. The van der Waals surface area contributed by atoms with E-state index in [-0.39, 0.29) is 11.9 Å². The molecule has 1 amide bonds. The highest BCUT2D eigenvalue weighted by molar-refractivity contribution is 9.10. The topological polar surface area (TPSA) is 57.2 Å². The fourth-order valence-electron chi connectivity index (χ4n) is 4.94. The Morgan fingerprint density at radius 1 is 0.816 bits per heavy atom. The molecule has 0 saturated carbocycles. The first kappa shape index (κ1) is 27.8. The summed E-state index contributed by atoms with van der Waals surface area (Å²) in [6.45, 7) is 10.6. The molecular formula is C31H36BrNO5. The van der Waals surface area contributed by atoms with Crippen molar-refractivity contribution in [3.8, 4) is 23.0 Å². The maximum Gasteiger partial charge on any atom is 0.255 e. The molecular weight excluding hydrogens is 546 g/mol. The van der Waals surface area contributed by atoms with Gasteiger partial charge in [-0.15, -0.1) is 0 Å². The molecule has 4 rings (SSSR count). The summed E-state index contributed by atoms with van der Waals surface area (Å²) < 4.78 is 24.3. The first-order chi connectivity index (χ1) is 18.5. The lowest BCUT2D eigenvalue weighted by Gasteiger charge is -2.38. The normalized spacial score (nSPS) is 14.6. The van der Waals surface area contributed by atoms with Crippen LogP contribution in [0.4, 0.5) is 0 Å². The van der Waals surface area contributed by atoms with Crippen LogP contribution < -0.4 is 18.9 Å². The van der Waals surface area contributed by atoms with Gasteiger partial charge < -0.3 is 23.8 Å². The summed E-state index contributed by atoms with van der Waals surface area (Å²) in [6, 6.07) is 17.6. The summed E-state index contributed by atoms with van der Waals surface area (Å²) in [7, 11) is 0. The number of rotatable bonds is 11. The van der Waals surface area contributed by atoms with Crippen LogP contribution in [0.25, 0.3) is 0 Å². The number of ether oxygens (including phenoxy) is 4. The predicted octanol–water partition coefficient (Wildman–Crippen LogP) is 7.03. The number of hydrogen-bond acceptors (Lipinski definition) is 5. The number of carbonyl (C=O) groups is 1. The SMILES string of the molecule is CCOc1ccc(C[C@H]2c3cc(OCC)c(OCC)cc3CCN2C(=O)c2ccccc2Br)cc1OCC. The molecule has 0 spiro atoms. The largest absolute Gasteiger partial charge is 0.490 e. The van der Waals surface area contributed by atoms with E-state index in [2.05, 4.69) is 34.1 Å². The fourth-order valence-corrected chi connectivity index (χ4v) is 5.40. The maximum absolute atomic E-state index is 13.9. The third-order valence-corrected chi connectivity index (χ3v) is 7.26. The highest BCUT2D eigenvalue weighted by atomic mass is 79.9. The van der Waals surface area contributed by atoms with Gasteiger partial charge in [0.1, 0.15) is 0 Å². The van der Waals surface area contributed by atoms with Gasteiger partial charge in [-0.1, -0.05) is 18.2 Å². The lowest BCUT2D eigenvalue weighted by molar-refractivity contribution is 0.0658. The summed E-state index contributed by atoms with van der Waals surface area (Å²) in [5, 5.41) is 0. The molecule has 3 aromatic carbocycles. The van der Waals surface area contributed by atoms with E-state index in [4.69, 9.17) is 18.9 Å². The highest BCUT2D eigenvalue weighted by Crippen LogP contribution is 2.41. The molecule has 1 aliphatic rings. The number of fused-ring (bicyclic) bond motifs is 1. The van der Waals surface area contributed by atoms with E-state index < -0.39 is 0 Å². The van der Waals surface area contributed by atoms with E-state index in [1.54, 1.807) is 0 Å². The van der Waals surface area contributed by atoms with Gasteiger partial charge in [-0.2, -0.15) is 0 Å². The van der Waals surface area contributed by atoms with E-state index >= 15 is 0 Å². The maximum atomic E-state index is 13.9. The molecule has 0 unspecified atom stereocenters. The van der Waals surface area contributed by atoms with Gasteiger partial charge in [-0.05, 0) is 110 Å². The standard InChI is InChI=1S/C31H36BrNO5/c1-5-35-27-14-13-21(18-28(27)36-6-2)17-26-24-20-30(38-8-4)29(37-7-3)19-22(24)15-16-33(26)31(34)23-11-9-10-12-25(23)32/h9-14,18-20,26H,5-8,15-17H2,1-4H3/t26-/m0/s1. The van der Waals surface area contributed by atoms with Gasteiger partial charge in [0, 0.05) is 11.0 Å². The van der Waals surface area contributed by atoms with Gasteiger partial charge in [-0.25, -0.2) is 0 Å². The van der Waals surface area contributed by atoms with Crippen molar-refractivity contribution in [3.63, 3.8) is 0 Å². The molecule has 0 aromatic heterocycles. The Hall–Kier alpha value is -3.19. The molecule has 1 atom stereocenters.